The molecule has 10 nitrogen and oxygen atoms in total. The summed E-state index contributed by atoms with van der Waals surface area (Å²) in [5.41, 5.74) is 0.991. The molecule has 0 fully saturated rings. The molecule has 4 rings (SSSR count). The quantitative estimate of drug-likeness (QED) is 0.180. The number of aromatic hydroxyl groups is 1. The maximum atomic E-state index is 13.7. The van der Waals surface area contributed by atoms with Crippen LogP contribution in [0.1, 0.15) is 29.2 Å². The van der Waals surface area contributed by atoms with Gasteiger partial charge in [-0.15, -0.1) is 11.3 Å². The molecular weight excluding hydrogens is 540 g/mol. The Morgan fingerprint density at radius 3 is 2.51 bits per heavy atom. The Bertz CT molecular complexity index is 1600. The van der Waals surface area contributed by atoms with Crippen molar-refractivity contribution in [2.45, 2.75) is 25.5 Å². The van der Waals surface area contributed by atoms with Crippen LogP contribution in [0.2, 0.25) is 0 Å². The number of ether oxygens (including phenoxy) is 1. The number of aryl methyl sites for hydroxylation is 1. The molecule has 206 valence electrons. The summed E-state index contributed by atoms with van der Waals surface area (Å²) >= 11 is 1.57. The average Bonchev–Trinajstić information content (AvgIpc) is 3.26. The van der Waals surface area contributed by atoms with Gasteiger partial charge in [0.05, 0.1) is 40.4 Å². The van der Waals surface area contributed by atoms with E-state index in [2.05, 4.69) is 20.3 Å². The van der Waals surface area contributed by atoms with Gasteiger partial charge in [-0.2, -0.15) is 0 Å². The number of nitrogens with one attached hydrogen (secondary N) is 3. The van der Waals surface area contributed by atoms with Gasteiger partial charge in [0.15, 0.2) is 0 Å². The fourth-order valence-corrected chi connectivity index (χ4v) is 5.45. The fourth-order valence-electron chi connectivity index (χ4n) is 4.08. The van der Waals surface area contributed by atoms with E-state index in [9.17, 15) is 23.4 Å². The van der Waals surface area contributed by atoms with E-state index in [0.29, 0.717) is 22.6 Å². The van der Waals surface area contributed by atoms with Crippen LogP contribution in [0.3, 0.4) is 0 Å². The van der Waals surface area contributed by atoms with Gasteiger partial charge in [0.1, 0.15) is 17.0 Å². The number of amides is 1. The van der Waals surface area contributed by atoms with Crippen LogP contribution in [0.15, 0.2) is 60.7 Å². The second-order valence-corrected chi connectivity index (χ2v) is 12.3. The zero-order valence-electron chi connectivity index (χ0n) is 21.8. The third-order valence-corrected chi connectivity index (χ3v) is 7.77. The van der Waals surface area contributed by atoms with E-state index in [1.165, 1.54) is 18.2 Å². The average molecular weight is 571 g/mol. The molecule has 1 amide bonds. The number of hydrogen-bond donors (Lipinski definition) is 5. The Morgan fingerprint density at radius 1 is 1.13 bits per heavy atom. The van der Waals surface area contributed by atoms with E-state index in [0.717, 1.165) is 21.5 Å². The summed E-state index contributed by atoms with van der Waals surface area (Å²) in [4.78, 5) is 18.2. The van der Waals surface area contributed by atoms with Crippen LogP contribution < -0.4 is 20.1 Å². The van der Waals surface area contributed by atoms with E-state index in [1.54, 1.807) is 49.6 Å². The predicted octanol–water partition coefficient (Wildman–Crippen LogP) is 3.87. The van der Waals surface area contributed by atoms with Crippen LogP contribution in [0.25, 0.3) is 10.2 Å². The lowest BCUT2D eigenvalue weighted by molar-refractivity contribution is -0.122. The van der Waals surface area contributed by atoms with Crippen LogP contribution in [0.4, 0.5) is 11.4 Å². The third kappa shape index (κ3) is 6.66. The molecule has 2 atom stereocenters. The van der Waals surface area contributed by atoms with Crippen molar-refractivity contribution in [1.82, 2.24) is 10.3 Å². The van der Waals surface area contributed by atoms with E-state index in [-0.39, 0.29) is 23.9 Å². The Kier molecular flexibility index (Phi) is 8.12. The van der Waals surface area contributed by atoms with E-state index >= 15 is 0 Å². The van der Waals surface area contributed by atoms with Crippen molar-refractivity contribution in [3.63, 3.8) is 0 Å². The third-order valence-electron chi connectivity index (χ3n) is 6.22. The van der Waals surface area contributed by atoms with Gasteiger partial charge in [-0.1, -0.05) is 18.2 Å². The normalized spacial score (nSPS) is 14.0. The van der Waals surface area contributed by atoms with E-state index < -0.39 is 21.7 Å². The number of nitrogens with zero attached hydrogens (tertiary/aromatic N) is 1. The maximum Gasteiger partial charge on any atom is 0.249 e. The monoisotopic (exact) mass is 570 g/mol. The van der Waals surface area contributed by atoms with Crippen molar-refractivity contribution in [3.05, 3.63) is 76.8 Å². The number of carbonyl (C=O) groups excluding carboxylic acids is 1. The molecule has 12 heteroatoms. The van der Waals surface area contributed by atoms with Crippen molar-refractivity contribution in [1.29, 1.82) is 0 Å². The first kappa shape index (κ1) is 28.3. The van der Waals surface area contributed by atoms with Gasteiger partial charge in [0, 0.05) is 12.2 Å². The number of fused-ring (bicyclic) bond motifs is 1. The van der Waals surface area contributed by atoms with Crippen molar-refractivity contribution in [2.75, 3.05) is 29.9 Å². The molecule has 0 spiro atoms. The SMILES string of the molecule is COc1ccc([C@](C)(NC[C@H](O)c2ccc(O)c(NS(C)(=O)=O)c2)C(=O)Nc2ccc3sc(C)nc3c2)cc1. The Labute approximate surface area is 230 Å². The fraction of sp³-hybridized carbons (Fsp3) is 0.259. The first-order valence-electron chi connectivity index (χ1n) is 11.9. The topological polar surface area (TPSA) is 150 Å². The number of benzene rings is 3. The van der Waals surface area contributed by atoms with Gasteiger partial charge in [0.2, 0.25) is 15.9 Å². The first-order chi connectivity index (χ1) is 18.4. The lowest BCUT2D eigenvalue weighted by Gasteiger charge is -2.31. The summed E-state index contributed by atoms with van der Waals surface area (Å²) in [7, 11) is -2.10. The summed E-state index contributed by atoms with van der Waals surface area (Å²) in [5, 5.41) is 28.0. The number of aliphatic hydroxyl groups is 1. The van der Waals surface area contributed by atoms with Gasteiger partial charge < -0.3 is 20.3 Å². The highest BCUT2D eigenvalue weighted by Crippen LogP contribution is 2.30. The summed E-state index contributed by atoms with van der Waals surface area (Å²) in [6, 6.07) is 16.7. The van der Waals surface area contributed by atoms with Crippen molar-refractivity contribution in [3.8, 4) is 11.5 Å². The summed E-state index contributed by atoms with van der Waals surface area (Å²) in [6.07, 6.45) is -0.172. The molecule has 0 saturated heterocycles. The molecular formula is C27H30N4O6S2. The second kappa shape index (κ2) is 11.2. The minimum Gasteiger partial charge on any atom is -0.506 e. The van der Waals surface area contributed by atoms with Crippen LogP contribution in [-0.2, 0) is 20.4 Å². The number of aliphatic hydroxyl groups excluding tert-OH is 1. The predicted molar refractivity (Wildman–Crippen MR) is 153 cm³/mol. The number of carbonyl (C=O) groups is 1. The number of phenolic OH excluding ortho intramolecular Hbond substituents is 1. The summed E-state index contributed by atoms with van der Waals surface area (Å²) < 4.78 is 31.8. The molecule has 3 aromatic carbocycles. The van der Waals surface area contributed by atoms with Crippen LogP contribution in [0.5, 0.6) is 11.5 Å². The highest BCUT2D eigenvalue weighted by atomic mass is 32.2. The maximum absolute atomic E-state index is 13.7. The number of aromatic nitrogens is 1. The zero-order valence-corrected chi connectivity index (χ0v) is 23.5. The number of sulfonamides is 1. The van der Waals surface area contributed by atoms with Gasteiger partial charge in [-0.25, -0.2) is 13.4 Å². The lowest BCUT2D eigenvalue weighted by atomic mass is 9.90. The number of phenols is 1. The molecule has 39 heavy (non-hydrogen) atoms. The van der Waals surface area contributed by atoms with Crippen molar-refractivity contribution >= 4 is 48.9 Å². The number of methoxy groups -OCH3 is 1. The smallest absolute Gasteiger partial charge is 0.249 e. The number of anilines is 2. The Hall–Kier alpha value is -3.71. The largest absolute Gasteiger partial charge is 0.506 e. The van der Waals surface area contributed by atoms with Crippen LogP contribution in [0, 0.1) is 6.92 Å². The molecule has 0 radical (unpaired) electrons. The number of rotatable bonds is 10. The minimum absolute atomic E-state index is 0.0580. The summed E-state index contributed by atoms with van der Waals surface area (Å²) in [5.74, 6) is -0.0174. The molecule has 0 aliphatic heterocycles. The molecule has 0 unspecified atom stereocenters. The molecule has 1 aromatic heterocycles. The highest BCUT2D eigenvalue weighted by Gasteiger charge is 2.36. The number of thiazole rings is 1. The molecule has 0 aliphatic carbocycles. The van der Waals surface area contributed by atoms with E-state index in [1.807, 2.05) is 25.1 Å². The standard InChI is InChI=1S/C27H30N4O6S2/c1-16-29-22-14-19(8-12-25(22)38-16)30-26(34)27(2,18-6-9-20(37-3)10-7-18)28-15-24(33)17-5-11-23(32)21(13-17)31-39(4,35)36/h5-14,24,28,31-33H,15H2,1-4H3,(H,30,34)/t24-,27-/m0/s1. The molecule has 0 saturated carbocycles. The second-order valence-electron chi connectivity index (χ2n) is 9.27. The van der Waals surface area contributed by atoms with Crippen LogP contribution in [-0.4, -0.2) is 49.4 Å². The molecule has 4 aromatic rings. The first-order valence-corrected chi connectivity index (χ1v) is 14.7. The molecule has 0 bridgehead atoms. The van der Waals surface area contributed by atoms with Gasteiger partial charge in [-0.05, 0) is 67.4 Å². The van der Waals surface area contributed by atoms with Crippen molar-refractivity contribution < 1.29 is 28.2 Å². The lowest BCUT2D eigenvalue weighted by Crippen LogP contribution is -2.50. The number of hydrogen-bond acceptors (Lipinski definition) is 9. The van der Waals surface area contributed by atoms with Gasteiger partial charge in [-0.3, -0.25) is 14.8 Å². The Morgan fingerprint density at radius 2 is 1.85 bits per heavy atom. The Balaban J connectivity index is 1.60. The van der Waals surface area contributed by atoms with Crippen LogP contribution >= 0.6 is 11.3 Å². The van der Waals surface area contributed by atoms with Crippen molar-refractivity contribution in [2.24, 2.45) is 0 Å². The summed E-state index contributed by atoms with van der Waals surface area (Å²) in [6.45, 7) is 3.56. The highest BCUT2D eigenvalue weighted by molar-refractivity contribution is 7.92. The van der Waals surface area contributed by atoms with Gasteiger partial charge >= 0.3 is 0 Å². The molecule has 1 heterocycles. The minimum atomic E-state index is -3.65. The molecule has 5 N–H and O–H groups in total. The zero-order chi connectivity index (χ0) is 28.4. The molecule has 0 aliphatic rings. The van der Waals surface area contributed by atoms with Gasteiger partial charge in [0.25, 0.3) is 0 Å². The van der Waals surface area contributed by atoms with E-state index in [4.69, 9.17) is 4.74 Å².